The molecule has 2 aliphatic rings. The van der Waals surface area contributed by atoms with Crippen molar-refractivity contribution in [3.63, 3.8) is 0 Å². The first kappa shape index (κ1) is 39.9. The van der Waals surface area contributed by atoms with Gasteiger partial charge in [0.15, 0.2) is 11.5 Å². The molecule has 3 aromatic rings. The summed E-state index contributed by atoms with van der Waals surface area (Å²) < 4.78 is 22.1. The van der Waals surface area contributed by atoms with Gasteiger partial charge in [-0.15, -0.1) is 0 Å². The summed E-state index contributed by atoms with van der Waals surface area (Å²) >= 11 is 0. The van der Waals surface area contributed by atoms with Crippen molar-refractivity contribution in [1.82, 2.24) is 15.1 Å². The Bertz CT molecular complexity index is 1840. The molecule has 290 valence electrons. The van der Waals surface area contributed by atoms with E-state index in [-0.39, 0.29) is 37.5 Å². The number of imide groups is 1. The summed E-state index contributed by atoms with van der Waals surface area (Å²) in [6.07, 6.45) is 2.45. The topological polar surface area (TPSA) is 148 Å². The molecule has 2 fully saturated rings. The first-order valence-electron chi connectivity index (χ1n) is 18.4. The number of benzene rings is 3. The zero-order valence-corrected chi connectivity index (χ0v) is 32.5. The second kappa shape index (κ2) is 17.2. The number of anilines is 2. The van der Waals surface area contributed by atoms with Crippen LogP contribution in [0.5, 0.6) is 17.2 Å². The highest BCUT2D eigenvalue weighted by molar-refractivity contribution is 6.07. The Morgan fingerprint density at radius 2 is 1.56 bits per heavy atom. The fraction of sp³-hybridized carbons (Fsp3) is 0.463. The molecule has 3 aromatic carbocycles. The smallest absolute Gasteiger partial charge is 0.328 e. The predicted molar refractivity (Wildman–Crippen MR) is 206 cm³/mol. The summed E-state index contributed by atoms with van der Waals surface area (Å²) in [7, 11) is 4.61. The Morgan fingerprint density at radius 1 is 0.870 bits per heavy atom. The molecule has 1 heterocycles. The summed E-state index contributed by atoms with van der Waals surface area (Å²) in [6.45, 7) is 9.43. The number of hydrogen-bond acceptors (Lipinski definition) is 9. The SMILES string of the molecule is COc1cc(CN2C(=O)N([C@H](CN[C@@H](CC(=O)OC(C)C)c3ccc(OC)c(OC)c3)CC3CC3)C(=O)C2(C)C)ccc1NC(=O)Nc1ccccc1C. The molecule has 1 saturated heterocycles. The Kier molecular flexibility index (Phi) is 12.7. The highest BCUT2D eigenvalue weighted by Crippen LogP contribution is 2.39. The zero-order chi connectivity index (χ0) is 39.2. The fourth-order valence-electron chi connectivity index (χ4n) is 6.71. The van der Waals surface area contributed by atoms with Gasteiger partial charge in [-0.2, -0.15) is 0 Å². The van der Waals surface area contributed by atoms with Crippen LogP contribution < -0.4 is 30.2 Å². The van der Waals surface area contributed by atoms with Crippen molar-refractivity contribution in [1.29, 1.82) is 0 Å². The maximum Gasteiger partial charge on any atom is 0.328 e. The van der Waals surface area contributed by atoms with Gasteiger partial charge in [-0.1, -0.05) is 43.2 Å². The second-order valence-corrected chi connectivity index (χ2v) is 14.7. The monoisotopic (exact) mass is 743 g/mol. The van der Waals surface area contributed by atoms with Gasteiger partial charge in [-0.25, -0.2) is 9.59 Å². The number of hydrogen-bond donors (Lipinski definition) is 3. The summed E-state index contributed by atoms with van der Waals surface area (Å²) in [5.41, 5.74) is 2.43. The quantitative estimate of drug-likeness (QED) is 0.0978. The van der Waals surface area contributed by atoms with Crippen molar-refractivity contribution in [3.8, 4) is 17.2 Å². The number of nitrogens with one attached hydrogen (secondary N) is 3. The third kappa shape index (κ3) is 9.43. The Morgan fingerprint density at radius 3 is 2.20 bits per heavy atom. The van der Waals surface area contributed by atoms with E-state index in [9.17, 15) is 19.2 Å². The lowest BCUT2D eigenvalue weighted by atomic mass is 10.00. The van der Waals surface area contributed by atoms with E-state index in [4.69, 9.17) is 18.9 Å². The summed E-state index contributed by atoms with van der Waals surface area (Å²) in [4.78, 5) is 57.2. The molecule has 3 N–H and O–H groups in total. The number of carbonyl (C=O) groups is 4. The molecule has 1 saturated carbocycles. The van der Waals surface area contributed by atoms with E-state index >= 15 is 0 Å². The van der Waals surface area contributed by atoms with E-state index in [0.29, 0.717) is 41.0 Å². The maximum atomic E-state index is 14.3. The van der Waals surface area contributed by atoms with E-state index in [2.05, 4.69) is 16.0 Å². The summed E-state index contributed by atoms with van der Waals surface area (Å²) in [5.74, 6) is 1.21. The Hall–Kier alpha value is -5.30. The molecule has 0 aromatic heterocycles. The number of urea groups is 2. The molecule has 54 heavy (non-hydrogen) atoms. The van der Waals surface area contributed by atoms with Crippen molar-refractivity contribution in [2.45, 2.75) is 90.6 Å². The van der Waals surface area contributed by atoms with Gasteiger partial charge >= 0.3 is 18.0 Å². The van der Waals surface area contributed by atoms with Gasteiger partial charge in [0, 0.05) is 24.8 Å². The van der Waals surface area contributed by atoms with Crippen LogP contribution in [0.25, 0.3) is 0 Å². The molecular formula is C41H53N5O8. The minimum absolute atomic E-state index is 0.0313. The normalized spacial score (nSPS) is 16.2. The van der Waals surface area contributed by atoms with Crippen LogP contribution in [0.2, 0.25) is 0 Å². The van der Waals surface area contributed by atoms with E-state index in [1.165, 1.54) is 12.0 Å². The van der Waals surface area contributed by atoms with Crippen LogP contribution in [0.15, 0.2) is 60.7 Å². The lowest BCUT2D eigenvalue weighted by Crippen LogP contribution is -2.48. The van der Waals surface area contributed by atoms with Gasteiger partial charge in [0.2, 0.25) is 0 Å². The summed E-state index contributed by atoms with van der Waals surface area (Å²) in [5, 5.41) is 9.20. The van der Waals surface area contributed by atoms with E-state index < -0.39 is 29.7 Å². The van der Waals surface area contributed by atoms with Crippen molar-refractivity contribution < 1.29 is 38.1 Å². The molecule has 0 unspecified atom stereocenters. The highest BCUT2D eigenvalue weighted by atomic mass is 16.5. The third-order valence-electron chi connectivity index (χ3n) is 9.92. The average Bonchev–Trinajstić information content (AvgIpc) is 3.94. The lowest BCUT2D eigenvalue weighted by Gasteiger charge is -2.29. The van der Waals surface area contributed by atoms with Crippen LogP contribution in [0.3, 0.4) is 0 Å². The van der Waals surface area contributed by atoms with Crippen molar-refractivity contribution in [2.75, 3.05) is 38.5 Å². The van der Waals surface area contributed by atoms with Gasteiger partial charge < -0.3 is 39.8 Å². The van der Waals surface area contributed by atoms with Gasteiger partial charge in [0.05, 0.1) is 45.6 Å². The molecule has 5 amide bonds. The highest BCUT2D eigenvalue weighted by Gasteiger charge is 2.53. The molecule has 13 nitrogen and oxygen atoms in total. The van der Waals surface area contributed by atoms with Gasteiger partial charge in [-0.05, 0) is 94.0 Å². The number of carbonyl (C=O) groups excluding carboxylic acids is 4. The minimum Gasteiger partial charge on any atom is -0.495 e. The maximum absolute atomic E-state index is 14.3. The number of esters is 1. The standard InChI is InChI=1S/C41H53N5O8/c1-25(2)54-37(47)22-33(29-16-18-34(51-6)36(21-29)53-8)42-23-30(19-27-13-14-27)46-38(48)41(4,5)45(40(46)50)24-28-15-17-32(35(20-28)52-7)44-39(49)43-31-12-10-9-11-26(31)3/h9-12,15-18,20-21,25,27,30,33,42H,13-14,19,22-24H2,1-8H3,(H2,43,44,49)/t30-,33-/m0/s1. The first-order chi connectivity index (χ1) is 25.7. The first-order valence-corrected chi connectivity index (χ1v) is 18.4. The van der Waals surface area contributed by atoms with E-state index in [1.54, 1.807) is 71.1 Å². The molecule has 13 heteroatoms. The number of ether oxygens (including phenoxy) is 4. The van der Waals surface area contributed by atoms with E-state index in [1.807, 2.05) is 43.3 Å². The minimum atomic E-state index is -1.14. The molecule has 0 radical (unpaired) electrons. The molecule has 5 rings (SSSR count). The molecular weight excluding hydrogens is 690 g/mol. The predicted octanol–water partition coefficient (Wildman–Crippen LogP) is 7.05. The van der Waals surface area contributed by atoms with Crippen LogP contribution in [0.1, 0.15) is 76.1 Å². The number of nitrogens with zero attached hydrogens (tertiary/aromatic N) is 2. The van der Waals surface area contributed by atoms with Crippen molar-refractivity contribution >= 4 is 35.3 Å². The fourth-order valence-corrected chi connectivity index (χ4v) is 6.71. The largest absolute Gasteiger partial charge is 0.495 e. The number of aryl methyl sites for hydroxylation is 1. The lowest BCUT2D eigenvalue weighted by molar-refractivity contribution is -0.148. The van der Waals surface area contributed by atoms with Crippen LogP contribution in [-0.4, -0.2) is 79.3 Å². The van der Waals surface area contributed by atoms with E-state index in [0.717, 1.165) is 29.5 Å². The number of rotatable bonds is 17. The second-order valence-electron chi connectivity index (χ2n) is 14.7. The average molecular weight is 744 g/mol. The van der Waals surface area contributed by atoms with Crippen molar-refractivity contribution in [2.24, 2.45) is 5.92 Å². The van der Waals surface area contributed by atoms with Crippen molar-refractivity contribution in [3.05, 3.63) is 77.4 Å². The molecule has 1 aliphatic carbocycles. The Balaban J connectivity index is 1.34. The van der Waals surface area contributed by atoms with Crippen LogP contribution in [-0.2, 0) is 20.9 Å². The molecule has 2 atom stereocenters. The van der Waals surface area contributed by atoms with Gasteiger partial charge in [-0.3, -0.25) is 14.5 Å². The van der Waals surface area contributed by atoms with Gasteiger partial charge in [0.1, 0.15) is 11.3 Å². The zero-order valence-electron chi connectivity index (χ0n) is 32.5. The van der Waals surface area contributed by atoms with Crippen LogP contribution >= 0.6 is 0 Å². The Labute approximate surface area is 317 Å². The molecule has 0 bridgehead atoms. The molecule has 1 aliphatic heterocycles. The number of amides is 5. The number of para-hydroxylation sites is 1. The number of methoxy groups -OCH3 is 3. The van der Waals surface area contributed by atoms with Crippen LogP contribution in [0.4, 0.5) is 21.0 Å². The third-order valence-corrected chi connectivity index (χ3v) is 9.92. The van der Waals surface area contributed by atoms with Gasteiger partial charge in [0.25, 0.3) is 5.91 Å². The summed E-state index contributed by atoms with van der Waals surface area (Å²) in [6, 6.07) is 16.4. The molecule has 0 spiro atoms. The van der Waals surface area contributed by atoms with Crippen LogP contribution in [0, 0.1) is 12.8 Å².